The molecular formula is C22H30ClN5O. The molecule has 0 bridgehead atoms. The molecule has 1 heterocycles. The first-order valence-electron chi connectivity index (χ1n) is 10.1. The number of allylic oxidation sites excluding steroid dienone is 2. The van der Waals surface area contributed by atoms with Crippen molar-refractivity contribution in [2.75, 3.05) is 20.6 Å². The van der Waals surface area contributed by atoms with Crippen LogP contribution in [-0.4, -0.2) is 53.5 Å². The predicted octanol–water partition coefficient (Wildman–Crippen LogP) is 4.32. The second-order valence-electron chi connectivity index (χ2n) is 8.17. The van der Waals surface area contributed by atoms with E-state index in [0.717, 1.165) is 32.1 Å². The second-order valence-corrected chi connectivity index (χ2v) is 8.53. The number of amides is 2. The van der Waals surface area contributed by atoms with E-state index in [4.69, 9.17) is 17.0 Å². The lowest BCUT2D eigenvalue weighted by Crippen LogP contribution is -2.54. The summed E-state index contributed by atoms with van der Waals surface area (Å²) in [6.45, 7) is 2.62. The lowest BCUT2D eigenvalue weighted by atomic mass is 9.69. The van der Waals surface area contributed by atoms with Crippen LogP contribution in [0.3, 0.4) is 0 Å². The monoisotopic (exact) mass is 415 g/mol. The number of hydrogen-bond acceptors (Lipinski definition) is 3. The van der Waals surface area contributed by atoms with Crippen LogP contribution in [0.1, 0.15) is 44.6 Å². The average molecular weight is 416 g/mol. The summed E-state index contributed by atoms with van der Waals surface area (Å²) < 4.78 is 0. The van der Waals surface area contributed by atoms with E-state index in [1.807, 2.05) is 13.0 Å². The van der Waals surface area contributed by atoms with Crippen molar-refractivity contribution in [1.29, 1.82) is 5.41 Å². The van der Waals surface area contributed by atoms with E-state index in [1.54, 1.807) is 4.90 Å². The number of nitrogens with one attached hydrogen (secondary N) is 2. The van der Waals surface area contributed by atoms with Gasteiger partial charge >= 0.3 is 6.03 Å². The van der Waals surface area contributed by atoms with Crippen LogP contribution in [0.5, 0.6) is 0 Å². The highest BCUT2D eigenvalue weighted by Gasteiger charge is 2.50. The number of benzene rings is 1. The summed E-state index contributed by atoms with van der Waals surface area (Å²) >= 11 is 5.56. The van der Waals surface area contributed by atoms with Gasteiger partial charge in [0.15, 0.2) is 0 Å². The van der Waals surface area contributed by atoms with Crippen molar-refractivity contribution in [2.24, 2.45) is 4.99 Å². The van der Waals surface area contributed by atoms with Gasteiger partial charge in [-0.25, -0.2) is 9.79 Å². The maximum atomic E-state index is 12.8. The van der Waals surface area contributed by atoms with Crippen LogP contribution in [-0.2, 0) is 5.54 Å². The van der Waals surface area contributed by atoms with Crippen molar-refractivity contribution in [2.45, 2.75) is 50.1 Å². The van der Waals surface area contributed by atoms with Crippen LogP contribution < -0.4 is 5.32 Å². The minimum Gasteiger partial charge on any atom is -0.330 e. The zero-order valence-corrected chi connectivity index (χ0v) is 18.2. The Kier molecular flexibility index (Phi) is 6.44. The van der Waals surface area contributed by atoms with Gasteiger partial charge in [-0.15, -0.1) is 0 Å². The standard InChI is InChI=1S/C22H30ClN5O/c1-4-8-18(15-25-19(23)24)28-16-21(26-20(28)29)11-13-22(14-12-21,27(2)3)17-9-6-5-7-10-17/h5-10,15,24H,4,11-14,16H2,1-3H3,(H,26,29)/b18-8+,24-19?,25-15?. The van der Waals surface area contributed by atoms with E-state index < -0.39 is 0 Å². The number of halogens is 1. The highest BCUT2D eigenvalue weighted by atomic mass is 35.5. The van der Waals surface area contributed by atoms with Crippen LogP contribution in [0.25, 0.3) is 0 Å². The summed E-state index contributed by atoms with van der Waals surface area (Å²) in [6, 6.07) is 10.6. The molecule has 1 aliphatic carbocycles. The molecule has 0 aromatic heterocycles. The lowest BCUT2D eigenvalue weighted by Gasteiger charge is -2.48. The summed E-state index contributed by atoms with van der Waals surface area (Å²) in [6.07, 6.45) is 7.99. The van der Waals surface area contributed by atoms with E-state index in [2.05, 4.69) is 59.6 Å². The number of aliphatic imine (C=N–C) groups is 1. The summed E-state index contributed by atoms with van der Waals surface area (Å²) in [7, 11) is 4.29. The minimum absolute atomic E-state index is 0.0120. The van der Waals surface area contributed by atoms with Crippen molar-refractivity contribution in [3.05, 3.63) is 47.7 Å². The van der Waals surface area contributed by atoms with Gasteiger partial charge in [0.25, 0.3) is 0 Å². The number of carbonyl (C=O) groups excluding carboxylic acids is 1. The Morgan fingerprint density at radius 2 is 1.93 bits per heavy atom. The Morgan fingerprint density at radius 1 is 1.28 bits per heavy atom. The van der Waals surface area contributed by atoms with Gasteiger partial charge in [-0.2, -0.15) is 0 Å². The number of carbonyl (C=O) groups is 1. The molecule has 156 valence electrons. The van der Waals surface area contributed by atoms with Crippen LogP contribution in [0.4, 0.5) is 4.79 Å². The number of nitrogens with zero attached hydrogens (tertiary/aromatic N) is 3. The van der Waals surface area contributed by atoms with Gasteiger partial charge in [0, 0.05) is 5.54 Å². The number of amidine groups is 1. The molecule has 0 atom stereocenters. The van der Waals surface area contributed by atoms with Crippen LogP contribution in [0.2, 0.25) is 0 Å². The Bertz CT molecular complexity index is 810. The molecule has 0 radical (unpaired) electrons. The van der Waals surface area contributed by atoms with Gasteiger partial charge in [0.05, 0.1) is 24.0 Å². The fourth-order valence-electron chi connectivity index (χ4n) is 4.65. The van der Waals surface area contributed by atoms with Crippen molar-refractivity contribution < 1.29 is 4.79 Å². The van der Waals surface area contributed by atoms with E-state index in [1.165, 1.54) is 11.8 Å². The normalized spacial score (nSPS) is 27.8. The Labute approximate surface area is 178 Å². The zero-order chi connectivity index (χ0) is 21.1. The zero-order valence-electron chi connectivity index (χ0n) is 17.4. The topological polar surface area (TPSA) is 71.8 Å². The molecule has 3 rings (SSSR count). The molecule has 1 aliphatic heterocycles. The van der Waals surface area contributed by atoms with Crippen molar-refractivity contribution >= 4 is 29.1 Å². The lowest BCUT2D eigenvalue weighted by molar-refractivity contribution is 0.0630. The van der Waals surface area contributed by atoms with Gasteiger partial charge in [-0.05, 0) is 63.4 Å². The predicted molar refractivity (Wildman–Crippen MR) is 119 cm³/mol. The highest BCUT2D eigenvalue weighted by molar-refractivity contribution is 6.64. The summed E-state index contributed by atoms with van der Waals surface area (Å²) in [4.78, 5) is 20.7. The SMILES string of the molecule is CC/C=C(\C=NC(=N)Cl)N1CC2(CCC(c3ccccc3)(N(C)C)CC2)NC1=O. The summed E-state index contributed by atoms with van der Waals surface area (Å²) in [5.74, 6) is 0. The smallest absolute Gasteiger partial charge is 0.322 e. The largest absolute Gasteiger partial charge is 0.330 e. The Hall–Kier alpha value is -2.18. The molecule has 6 nitrogen and oxygen atoms in total. The van der Waals surface area contributed by atoms with Crippen LogP contribution in [0, 0.1) is 5.41 Å². The first-order valence-corrected chi connectivity index (χ1v) is 10.5. The third kappa shape index (κ3) is 4.38. The number of hydrogen-bond donors (Lipinski definition) is 2. The molecule has 1 saturated carbocycles. The van der Waals surface area contributed by atoms with Crippen LogP contribution >= 0.6 is 11.6 Å². The fraction of sp³-hybridized carbons (Fsp3) is 0.500. The Balaban J connectivity index is 1.79. The molecule has 1 spiro atoms. The maximum Gasteiger partial charge on any atom is 0.322 e. The minimum atomic E-state index is -0.294. The van der Waals surface area contributed by atoms with Gasteiger partial charge in [0.2, 0.25) is 5.29 Å². The molecule has 1 aromatic rings. The first kappa shape index (κ1) is 21.5. The molecule has 2 N–H and O–H groups in total. The first-order chi connectivity index (χ1) is 13.8. The third-order valence-electron chi connectivity index (χ3n) is 6.31. The van der Waals surface area contributed by atoms with Crippen LogP contribution in [0.15, 0.2) is 47.1 Å². The molecule has 2 fully saturated rings. The van der Waals surface area contributed by atoms with Crippen molar-refractivity contribution in [1.82, 2.24) is 15.1 Å². The maximum absolute atomic E-state index is 12.8. The van der Waals surface area contributed by atoms with Crippen molar-refractivity contribution in [3.63, 3.8) is 0 Å². The second kappa shape index (κ2) is 8.67. The molecule has 29 heavy (non-hydrogen) atoms. The third-order valence-corrected chi connectivity index (χ3v) is 6.41. The van der Waals surface area contributed by atoms with E-state index >= 15 is 0 Å². The quantitative estimate of drug-likeness (QED) is 0.427. The molecule has 7 heteroatoms. The number of urea groups is 1. The molecule has 1 saturated heterocycles. The van der Waals surface area contributed by atoms with E-state index in [9.17, 15) is 4.79 Å². The number of rotatable bonds is 5. The van der Waals surface area contributed by atoms with E-state index in [-0.39, 0.29) is 22.4 Å². The molecule has 2 amide bonds. The summed E-state index contributed by atoms with van der Waals surface area (Å²) in [5, 5.41) is 10.3. The van der Waals surface area contributed by atoms with Gasteiger partial charge in [-0.3, -0.25) is 15.2 Å². The average Bonchev–Trinajstić information content (AvgIpc) is 3.02. The molecular weight excluding hydrogens is 386 g/mol. The van der Waals surface area contributed by atoms with E-state index in [0.29, 0.717) is 12.2 Å². The van der Waals surface area contributed by atoms with Gasteiger partial charge < -0.3 is 5.32 Å². The van der Waals surface area contributed by atoms with Gasteiger partial charge in [-0.1, -0.05) is 43.3 Å². The highest BCUT2D eigenvalue weighted by Crippen LogP contribution is 2.46. The molecule has 2 aliphatic rings. The van der Waals surface area contributed by atoms with Crippen molar-refractivity contribution in [3.8, 4) is 0 Å². The molecule has 1 aromatic carbocycles. The molecule has 0 unspecified atom stereocenters. The fourth-order valence-corrected chi connectivity index (χ4v) is 4.70. The Morgan fingerprint density at radius 3 is 2.48 bits per heavy atom. The summed E-state index contributed by atoms with van der Waals surface area (Å²) in [5.41, 5.74) is 1.78. The van der Waals surface area contributed by atoms with Gasteiger partial charge in [0.1, 0.15) is 0 Å².